The number of hydrogen-bond donors (Lipinski definition) is 1. The second-order valence-corrected chi connectivity index (χ2v) is 6.88. The maximum atomic E-state index is 10.0. The van der Waals surface area contributed by atoms with Crippen molar-refractivity contribution in [2.75, 3.05) is 0 Å². The first-order valence-corrected chi connectivity index (χ1v) is 7.72. The summed E-state index contributed by atoms with van der Waals surface area (Å²) in [6, 6.07) is 7.92. The van der Waals surface area contributed by atoms with Crippen LogP contribution in [-0.2, 0) is 0 Å². The van der Waals surface area contributed by atoms with Crippen LogP contribution in [0.25, 0.3) is 0 Å². The van der Waals surface area contributed by atoms with Crippen LogP contribution in [0.4, 0.5) is 0 Å². The molecule has 3 atom stereocenters. The van der Waals surface area contributed by atoms with Crippen LogP contribution in [0.2, 0.25) is 0 Å². The van der Waals surface area contributed by atoms with Gasteiger partial charge in [0.05, 0.1) is 0 Å². The normalized spacial score (nSPS) is 28.9. The number of phenolic OH excluding ortho intramolecular Hbond substituents is 1. The minimum absolute atomic E-state index is 0.498. The molecule has 0 aliphatic heterocycles. The van der Waals surface area contributed by atoms with E-state index in [1.165, 1.54) is 31.2 Å². The molecule has 0 bridgehead atoms. The van der Waals surface area contributed by atoms with E-state index in [0.29, 0.717) is 11.7 Å². The summed E-state index contributed by atoms with van der Waals surface area (Å²) in [5.41, 5.74) is 2.76. The van der Waals surface area contributed by atoms with Gasteiger partial charge in [-0.15, -0.1) is 8.58 Å². The fourth-order valence-corrected chi connectivity index (χ4v) is 4.69. The molecule has 3 unspecified atom stereocenters. The van der Waals surface area contributed by atoms with E-state index >= 15 is 0 Å². The quantitative estimate of drug-likeness (QED) is 0.630. The molecule has 1 nitrogen and oxygen atoms in total. The van der Waals surface area contributed by atoms with Gasteiger partial charge in [-0.05, 0) is 36.0 Å². The Morgan fingerprint density at radius 3 is 2.59 bits per heavy atom. The van der Waals surface area contributed by atoms with E-state index < -0.39 is 0 Å². The van der Waals surface area contributed by atoms with Gasteiger partial charge in [0.2, 0.25) is 0 Å². The highest BCUT2D eigenvalue weighted by Crippen LogP contribution is 2.49. The minimum Gasteiger partial charge on any atom is -0.508 e. The van der Waals surface area contributed by atoms with Gasteiger partial charge < -0.3 is 5.11 Å². The standard InChI is InChI=1S/C15H19OP/c16-14-7-3-1-5-12(14)13-6-2-4-8-15(13)17-11-9-10-11/h1,3,5,7,9-11,13,15-17H,2,4,6,8H2. The topological polar surface area (TPSA) is 20.2 Å². The maximum absolute atomic E-state index is 10.0. The Balaban J connectivity index is 1.80. The van der Waals surface area contributed by atoms with Crippen molar-refractivity contribution in [1.29, 1.82) is 0 Å². The van der Waals surface area contributed by atoms with Gasteiger partial charge in [-0.1, -0.05) is 43.2 Å². The summed E-state index contributed by atoms with van der Waals surface area (Å²) >= 11 is 0. The molecule has 0 heterocycles. The molecule has 0 saturated heterocycles. The van der Waals surface area contributed by atoms with Crippen LogP contribution in [0.15, 0.2) is 36.4 Å². The van der Waals surface area contributed by atoms with Crippen LogP contribution in [0.5, 0.6) is 5.75 Å². The van der Waals surface area contributed by atoms with Gasteiger partial charge in [-0.3, -0.25) is 0 Å². The lowest BCUT2D eigenvalue weighted by Crippen LogP contribution is -2.19. The van der Waals surface area contributed by atoms with Gasteiger partial charge in [-0.25, -0.2) is 0 Å². The average molecular weight is 246 g/mol. The van der Waals surface area contributed by atoms with E-state index in [9.17, 15) is 5.11 Å². The number of benzene rings is 1. The van der Waals surface area contributed by atoms with Crippen LogP contribution in [0.1, 0.15) is 37.2 Å². The summed E-state index contributed by atoms with van der Waals surface area (Å²) in [6.07, 6.45) is 9.91. The molecule has 2 heteroatoms. The Hall–Kier alpha value is -0.810. The van der Waals surface area contributed by atoms with Gasteiger partial charge in [0, 0.05) is 5.66 Å². The minimum atomic E-state index is 0.498. The van der Waals surface area contributed by atoms with E-state index in [-0.39, 0.29) is 0 Å². The van der Waals surface area contributed by atoms with Crippen molar-refractivity contribution in [2.45, 2.75) is 42.9 Å². The number of aromatic hydroxyl groups is 1. The molecule has 3 rings (SSSR count). The van der Waals surface area contributed by atoms with Gasteiger partial charge in [-0.2, -0.15) is 0 Å². The fraction of sp³-hybridized carbons (Fsp3) is 0.467. The molecule has 0 amide bonds. The zero-order valence-electron chi connectivity index (χ0n) is 9.97. The molecule has 2 aliphatic rings. The Labute approximate surface area is 105 Å². The van der Waals surface area contributed by atoms with Gasteiger partial charge in [0.25, 0.3) is 0 Å². The Morgan fingerprint density at radius 2 is 1.82 bits per heavy atom. The molecule has 1 saturated carbocycles. The zero-order chi connectivity index (χ0) is 11.7. The third kappa shape index (κ3) is 2.55. The molecule has 1 fully saturated rings. The lowest BCUT2D eigenvalue weighted by molar-refractivity contribution is 0.420. The molecule has 1 N–H and O–H groups in total. The van der Waals surface area contributed by atoms with E-state index in [1.54, 1.807) is 0 Å². The first-order chi connectivity index (χ1) is 8.34. The molecule has 90 valence electrons. The van der Waals surface area contributed by atoms with E-state index in [2.05, 4.69) is 24.3 Å². The van der Waals surface area contributed by atoms with Crippen molar-refractivity contribution in [2.24, 2.45) is 0 Å². The highest BCUT2D eigenvalue weighted by Gasteiger charge is 2.30. The molecular formula is C15H19OP. The molecule has 0 radical (unpaired) electrons. The average Bonchev–Trinajstić information content (AvgIpc) is 3.15. The maximum Gasteiger partial charge on any atom is 0.119 e. The second-order valence-electron chi connectivity index (χ2n) is 5.13. The molecule has 1 aromatic carbocycles. The molecular weight excluding hydrogens is 227 g/mol. The molecule has 1 aromatic rings. The summed E-state index contributed by atoms with van der Waals surface area (Å²) in [4.78, 5) is 0. The first-order valence-electron chi connectivity index (χ1n) is 6.57. The van der Waals surface area contributed by atoms with Crippen molar-refractivity contribution in [3.05, 3.63) is 42.0 Å². The lowest BCUT2D eigenvalue weighted by Gasteiger charge is -2.32. The van der Waals surface area contributed by atoms with E-state index in [1.807, 2.05) is 12.1 Å². The molecule has 17 heavy (non-hydrogen) atoms. The van der Waals surface area contributed by atoms with Gasteiger partial charge >= 0.3 is 0 Å². The Bertz CT molecular complexity index is 421. The smallest absolute Gasteiger partial charge is 0.119 e. The number of allylic oxidation sites excluding steroid dienone is 2. The summed E-state index contributed by atoms with van der Waals surface area (Å²) in [6.45, 7) is 0. The van der Waals surface area contributed by atoms with E-state index in [4.69, 9.17) is 0 Å². The monoisotopic (exact) mass is 246 g/mol. The van der Waals surface area contributed by atoms with Crippen molar-refractivity contribution in [3.63, 3.8) is 0 Å². The number of phenols is 1. The summed E-state index contributed by atoms with van der Waals surface area (Å²) < 4.78 is 0. The number of para-hydroxylation sites is 1. The first kappa shape index (κ1) is 11.3. The Morgan fingerprint density at radius 1 is 1.06 bits per heavy atom. The van der Waals surface area contributed by atoms with Crippen LogP contribution in [-0.4, -0.2) is 16.4 Å². The zero-order valence-corrected chi connectivity index (χ0v) is 11.0. The third-order valence-electron chi connectivity index (χ3n) is 3.89. The second kappa shape index (κ2) is 4.82. The van der Waals surface area contributed by atoms with Gasteiger partial charge in [0.15, 0.2) is 0 Å². The van der Waals surface area contributed by atoms with Crippen molar-refractivity contribution < 1.29 is 5.11 Å². The molecule has 2 aliphatic carbocycles. The third-order valence-corrected chi connectivity index (χ3v) is 5.78. The SMILES string of the molecule is Oc1ccccc1C1CCCCC1PC1C=C1. The summed E-state index contributed by atoms with van der Waals surface area (Å²) in [5, 5.41) is 10.0. The van der Waals surface area contributed by atoms with Crippen LogP contribution >= 0.6 is 8.58 Å². The van der Waals surface area contributed by atoms with Crippen molar-refractivity contribution in [1.82, 2.24) is 0 Å². The van der Waals surface area contributed by atoms with Crippen molar-refractivity contribution >= 4 is 8.58 Å². The van der Waals surface area contributed by atoms with Crippen molar-refractivity contribution in [3.8, 4) is 5.75 Å². The lowest BCUT2D eigenvalue weighted by atomic mass is 9.83. The van der Waals surface area contributed by atoms with E-state index in [0.717, 1.165) is 19.9 Å². The molecule has 0 aromatic heterocycles. The number of hydrogen-bond acceptors (Lipinski definition) is 1. The summed E-state index contributed by atoms with van der Waals surface area (Å²) in [7, 11) is 1.03. The largest absolute Gasteiger partial charge is 0.508 e. The van der Waals surface area contributed by atoms with Crippen LogP contribution in [0.3, 0.4) is 0 Å². The fourth-order valence-electron chi connectivity index (χ4n) is 2.92. The molecule has 0 spiro atoms. The van der Waals surface area contributed by atoms with Gasteiger partial charge in [0.1, 0.15) is 5.75 Å². The highest BCUT2D eigenvalue weighted by atomic mass is 31.1. The highest BCUT2D eigenvalue weighted by molar-refractivity contribution is 7.40. The summed E-state index contributed by atoms with van der Waals surface area (Å²) in [5.74, 6) is 1.09. The predicted octanol–water partition coefficient (Wildman–Crippen LogP) is 4.04. The van der Waals surface area contributed by atoms with Crippen LogP contribution < -0.4 is 0 Å². The van der Waals surface area contributed by atoms with Crippen LogP contribution in [0, 0.1) is 0 Å². The predicted molar refractivity (Wildman–Crippen MR) is 74.3 cm³/mol. The Kier molecular flexibility index (Phi) is 3.20. The number of rotatable bonds is 3.